The highest BCUT2D eigenvalue weighted by Crippen LogP contribution is 2.18. The van der Waals surface area contributed by atoms with Crippen LogP contribution in [0.15, 0.2) is 48.5 Å². The fourth-order valence-corrected chi connectivity index (χ4v) is 2.47. The number of methoxy groups -OCH3 is 1. The first-order valence-corrected chi connectivity index (χ1v) is 7.90. The predicted molar refractivity (Wildman–Crippen MR) is 92.8 cm³/mol. The van der Waals surface area contributed by atoms with Gasteiger partial charge in [0, 0.05) is 17.7 Å². The molecule has 128 valence electrons. The lowest BCUT2D eigenvalue weighted by Gasteiger charge is -2.09. The van der Waals surface area contributed by atoms with Gasteiger partial charge in [-0.2, -0.15) is 4.80 Å². The first kappa shape index (κ1) is 16.6. The number of para-hydroxylation sites is 1. The summed E-state index contributed by atoms with van der Waals surface area (Å²) >= 11 is 0. The Morgan fingerprint density at radius 2 is 1.92 bits per heavy atom. The number of tetrazole rings is 1. The molecule has 0 spiro atoms. The number of aryl methyl sites for hydroxylation is 1. The zero-order valence-corrected chi connectivity index (χ0v) is 14.1. The van der Waals surface area contributed by atoms with E-state index in [0.29, 0.717) is 12.4 Å². The number of carbonyl (C=O) groups is 1. The van der Waals surface area contributed by atoms with Crippen molar-refractivity contribution in [2.24, 2.45) is 0 Å². The predicted octanol–water partition coefficient (Wildman–Crippen LogP) is 1.97. The molecule has 0 saturated heterocycles. The molecule has 0 aliphatic heterocycles. The van der Waals surface area contributed by atoms with Crippen LogP contribution in [0.4, 0.5) is 0 Å². The van der Waals surface area contributed by atoms with E-state index in [9.17, 15) is 4.79 Å². The van der Waals surface area contributed by atoms with Gasteiger partial charge in [-0.15, -0.1) is 10.2 Å². The number of benzene rings is 2. The topological polar surface area (TPSA) is 81.9 Å². The lowest BCUT2D eigenvalue weighted by molar-refractivity contribution is -0.122. The van der Waals surface area contributed by atoms with Crippen LogP contribution in [-0.4, -0.2) is 33.2 Å². The van der Waals surface area contributed by atoms with Crippen LogP contribution in [0, 0.1) is 6.92 Å². The number of carbonyl (C=O) groups excluding carboxylic acids is 1. The molecular weight excluding hydrogens is 318 g/mol. The maximum absolute atomic E-state index is 12.1. The minimum atomic E-state index is -0.195. The normalized spacial score (nSPS) is 10.5. The third kappa shape index (κ3) is 4.00. The summed E-state index contributed by atoms with van der Waals surface area (Å²) < 4.78 is 5.27. The maximum Gasteiger partial charge on any atom is 0.243 e. The zero-order chi connectivity index (χ0) is 17.6. The van der Waals surface area contributed by atoms with Crippen LogP contribution >= 0.6 is 0 Å². The van der Waals surface area contributed by atoms with Gasteiger partial charge in [0.25, 0.3) is 0 Å². The first-order valence-electron chi connectivity index (χ1n) is 7.90. The number of hydrogen-bond acceptors (Lipinski definition) is 5. The van der Waals surface area contributed by atoms with E-state index >= 15 is 0 Å². The Morgan fingerprint density at radius 3 is 2.72 bits per heavy atom. The summed E-state index contributed by atoms with van der Waals surface area (Å²) in [5, 5.41) is 15.1. The molecule has 0 unspecified atom stereocenters. The summed E-state index contributed by atoms with van der Waals surface area (Å²) in [7, 11) is 1.60. The van der Waals surface area contributed by atoms with Crippen LogP contribution in [0.2, 0.25) is 0 Å². The second-order valence-corrected chi connectivity index (χ2v) is 5.55. The second-order valence-electron chi connectivity index (χ2n) is 5.55. The molecule has 1 N–H and O–H groups in total. The number of aromatic nitrogens is 4. The molecule has 2 aromatic carbocycles. The molecule has 3 rings (SSSR count). The van der Waals surface area contributed by atoms with Crippen LogP contribution in [0.25, 0.3) is 11.4 Å². The molecule has 7 heteroatoms. The Kier molecular flexibility index (Phi) is 5.03. The van der Waals surface area contributed by atoms with Gasteiger partial charge in [-0.3, -0.25) is 4.79 Å². The standard InChI is InChI=1S/C18H19N5O2/c1-13-7-3-5-9-15(13)18-20-22-23(21-18)12-17(24)19-11-14-8-4-6-10-16(14)25-2/h3-10H,11-12H2,1-2H3,(H,19,24). The van der Waals surface area contributed by atoms with Crippen molar-refractivity contribution in [2.45, 2.75) is 20.0 Å². The Morgan fingerprint density at radius 1 is 1.16 bits per heavy atom. The molecule has 0 aliphatic carbocycles. The summed E-state index contributed by atoms with van der Waals surface area (Å²) in [6, 6.07) is 15.3. The van der Waals surface area contributed by atoms with Gasteiger partial charge in [-0.1, -0.05) is 42.5 Å². The van der Waals surface area contributed by atoms with Crippen LogP contribution in [-0.2, 0) is 17.9 Å². The van der Waals surface area contributed by atoms with E-state index in [1.165, 1.54) is 4.80 Å². The number of rotatable bonds is 6. The average Bonchev–Trinajstić information content (AvgIpc) is 3.08. The Labute approximate surface area is 145 Å². The Hall–Kier alpha value is -3.22. The molecule has 1 aromatic heterocycles. The van der Waals surface area contributed by atoms with Gasteiger partial charge in [-0.25, -0.2) is 0 Å². The van der Waals surface area contributed by atoms with Gasteiger partial charge in [0.1, 0.15) is 12.3 Å². The molecule has 0 radical (unpaired) electrons. The summed E-state index contributed by atoms with van der Waals surface area (Å²) in [5.74, 6) is 1.05. The number of nitrogens with zero attached hydrogens (tertiary/aromatic N) is 4. The first-order chi connectivity index (χ1) is 12.2. The molecule has 0 fully saturated rings. The molecule has 1 heterocycles. The Balaban J connectivity index is 1.61. The molecule has 7 nitrogen and oxygen atoms in total. The maximum atomic E-state index is 12.1. The minimum Gasteiger partial charge on any atom is -0.496 e. The summed E-state index contributed by atoms with van der Waals surface area (Å²) in [4.78, 5) is 13.4. The van der Waals surface area contributed by atoms with Gasteiger partial charge in [0.2, 0.25) is 11.7 Å². The number of hydrogen-bond donors (Lipinski definition) is 1. The fraction of sp³-hybridized carbons (Fsp3) is 0.222. The highest BCUT2D eigenvalue weighted by Gasteiger charge is 2.11. The van der Waals surface area contributed by atoms with Crippen molar-refractivity contribution in [1.29, 1.82) is 0 Å². The third-order valence-corrected chi connectivity index (χ3v) is 3.79. The largest absolute Gasteiger partial charge is 0.496 e. The summed E-state index contributed by atoms with van der Waals surface area (Å²) in [6.45, 7) is 2.37. The molecule has 1 amide bonds. The van der Waals surface area contributed by atoms with Crippen molar-refractivity contribution >= 4 is 5.91 Å². The van der Waals surface area contributed by atoms with Crippen LogP contribution in [0.3, 0.4) is 0 Å². The smallest absolute Gasteiger partial charge is 0.243 e. The van der Waals surface area contributed by atoms with E-state index in [2.05, 4.69) is 20.7 Å². The number of nitrogens with one attached hydrogen (secondary N) is 1. The molecule has 0 atom stereocenters. The molecule has 0 saturated carbocycles. The van der Waals surface area contributed by atoms with Crippen molar-refractivity contribution < 1.29 is 9.53 Å². The molecule has 25 heavy (non-hydrogen) atoms. The van der Waals surface area contributed by atoms with Crippen LogP contribution in [0.5, 0.6) is 5.75 Å². The van der Waals surface area contributed by atoms with Crippen LogP contribution in [0.1, 0.15) is 11.1 Å². The number of amides is 1. The molecule has 0 bridgehead atoms. The fourth-order valence-electron chi connectivity index (χ4n) is 2.47. The van der Waals surface area contributed by atoms with E-state index in [1.807, 2.05) is 55.5 Å². The number of ether oxygens (including phenoxy) is 1. The Bertz CT molecular complexity index is 875. The van der Waals surface area contributed by atoms with Gasteiger partial charge < -0.3 is 10.1 Å². The van der Waals surface area contributed by atoms with Crippen molar-refractivity contribution in [2.75, 3.05) is 7.11 Å². The van der Waals surface area contributed by atoms with Gasteiger partial charge in [0.05, 0.1) is 7.11 Å². The quantitative estimate of drug-likeness (QED) is 0.744. The lowest BCUT2D eigenvalue weighted by atomic mass is 10.1. The highest BCUT2D eigenvalue weighted by atomic mass is 16.5. The van der Waals surface area contributed by atoms with Crippen molar-refractivity contribution in [3.8, 4) is 17.1 Å². The van der Waals surface area contributed by atoms with E-state index in [-0.39, 0.29) is 12.5 Å². The summed E-state index contributed by atoms with van der Waals surface area (Å²) in [5.41, 5.74) is 2.87. The molecule has 0 aliphatic rings. The van der Waals surface area contributed by atoms with Crippen molar-refractivity contribution in [3.05, 3.63) is 59.7 Å². The molecule has 3 aromatic rings. The second kappa shape index (κ2) is 7.57. The SMILES string of the molecule is COc1ccccc1CNC(=O)Cn1nnc(-c2ccccc2C)n1. The van der Waals surface area contributed by atoms with E-state index < -0.39 is 0 Å². The summed E-state index contributed by atoms with van der Waals surface area (Å²) in [6.07, 6.45) is 0. The van der Waals surface area contributed by atoms with Crippen molar-refractivity contribution in [3.63, 3.8) is 0 Å². The third-order valence-electron chi connectivity index (χ3n) is 3.79. The van der Waals surface area contributed by atoms with Gasteiger partial charge in [0.15, 0.2) is 0 Å². The van der Waals surface area contributed by atoms with E-state index in [4.69, 9.17) is 4.74 Å². The van der Waals surface area contributed by atoms with E-state index in [1.54, 1.807) is 7.11 Å². The van der Waals surface area contributed by atoms with Gasteiger partial charge >= 0.3 is 0 Å². The van der Waals surface area contributed by atoms with E-state index in [0.717, 1.165) is 22.4 Å². The minimum absolute atomic E-state index is 0.00797. The average molecular weight is 337 g/mol. The highest BCUT2D eigenvalue weighted by molar-refractivity contribution is 5.75. The van der Waals surface area contributed by atoms with Gasteiger partial charge in [-0.05, 0) is 23.8 Å². The lowest BCUT2D eigenvalue weighted by Crippen LogP contribution is -2.28. The van der Waals surface area contributed by atoms with Crippen molar-refractivity contribution in [1.82, 2.24) is 25.5 Å². The monoisotopic (exact) mass is 337 g/mol. The molecular formula is C18H19N5O2. The van der Waals surface area contributed by atoms with Crippen LogP contribution < -0.4 is 10.1 Å². The zero-order valence-electron chi connectivity index (χ0n) is 14.1.